The number of rotatable bonds is 3. The molecule has 1 fully saturated rings. The summed E-state index contributed by atoms with van der Waals surface area (Å²) < 4.78 is 1.07. The van der Waals surface area contributed by atoms with Crippen LogP contribution in [-0.2, 0) is 0 Å². The lowest BCUT2D eigenvalue weighted by molar-refractivity contribution is 0.128. The van der Waals surface area contributed by atoms with Crippen LogP contribution in [0, 0.1) is 0 Å². The highest BCUT2D eigenvalue weighted by Gasteiger charge is 2.30. The summed E-state index contributed by atoms with van der Waals surface area (Å²) in [7, 11) is 0. The molecule has 1 aliphatic heterocycles. The normalized spacial score (nSPS) is 25.3. The number of piperidine rings is 1. The van der Waals surface area contributed by atoms with Crippen LogP contribution in [0.15, 0.2) is 22.7 Å². The third-order valence-corrected chi connectivity index (χ3v) is 4.50. The molecule has 0 aliphatic carbocycles. The molecule has 0 bridgehead atoms. The van der Waals surface area contributed by atoms with Gasteiger partial charge < -0.3 is 5.73 Å². The molecule has 0 spiro atoms. The molecule has 2 unspecified atom stereocenters. The van der Waals surface area contributed by atoms with Gasteiger partial charge in [0.1, 0.15) is 0 Å². The van der Waals surface area contributed by atoms with Gasteiger partial charge in [-0.1, -0.05) is 40.5 Å². The van der Waals surface area contributed by atoms with Crippen LogP contribution in [0.25, 0.3) is 0 Å². The lowest BCUT2D eigenvalue weighted by Gasteiger charge is -2.40. The van der Waals surface area contributed by atoms with Crippen LogP contribution in [0.4, 0.5) is 0 Å². The van der Waals surface area contributed by atoms with Gasteiger partial charge in [-0.15, -0.1) is 0 Å². The molecule has 0 saturated carbocycles. The molecule has 1 saturated heterocycles. The van der Waals surface area contributed by atoms with Crippen molar-refractivity contribution in [1.82, 2.24) is 4.90 Å². The predicted molar refractivity (Wildman–Crippen MR) is 81.0 cm³/mol. The summed E-state index contributed by atoms with van der Waals surface area (Å²) in [6.07, 6.45) is 3.46. The van der Waals surface area contributed by atoms with Crippen LogP contribution in [0.2, 0.25) is 5.02 Å². The van der Waals surface area contributed by atoms with Gasteiger partial charge in [0, 0.05) is 15.5 Å². The lowest BCUT2D eigenvalue weighted by atomic mass is 9.91. The van der Waals surface area contributed by atoms with Crippen molar-refractivity contribution in [2.24, 2.45) is 5.73 Å². The second-order valence-corrected chi connectivity index (χ2v) is 6.24. The Hall–Kier alpha value is -0.0900. The van der Waals surface area contributed by atoms with Crippen molar-refractivity contribution in [2.45, 2.75) is 38.3 Å². The van der Waals surface area contributed by atoms with Crippen LogP contribution in [0.5, 0.6) is 0 Å². The van der Waals surface area contributed by atoms with E-state index in [4.69, 9.17) is 17.3 Å². The molecular weight excluding hydrogens is 312 g/mol. The standard InChI is InChI=1S/C14H20BrClN2/c1-2-7-18-8-3-4-13(17)14(18)11-6-5-10(16)9-12(11)15/h5-6,9,13-14H,2-4,7-8,17H2,1H3. The fourth-order valence-corrected chi connectivity index (χ4v) is 3.72. The second kappa shape index (κ2) is 6.38. The summed E-state index contributed by atoms with van der Waals surface area (Å²) in [6, 6.07) is 6.54. The van der Waals surface area contributed by atoms with Crippen LogP contribution < -0.4 is 5.73 Å². The van der Waals surface area contributed by atoms with E-state index in [2.05, 4.69) is 33.8 Å². The Kier molecular flexibility index (Phi) is 5.07. The van der Waals surface area contributed by atoms with Gasteiger partial charge in [0.2, 0.25) is 0 Å². The van der Waals surface area contributed by atoms with Crippen LogP contribution in [0.1, 0.15) is 37.8 Å². The van der Waals surface area contributed by atoms with E-state index in [0.717, 1.165) is 35.4 Å². The highest BCUT2D eigenvalue weighted by molar-refractivity contribution is 9.10. The molecule has 0 radical (unpaired) electrons. The highest BCUT2D eigenvalue weighted by Crippen LogP contribution is 2.35. The van der Waals surface area contributed by atoms with Crippen molar-refractivity contribution in [3.63, 3.8) is 0 Å². The van der Waals surface area contributed by atoms with Crippen molar-refractivity contribution in [2.75, 3.05) is 13.1 Å². The maximum absolute atomic E-state index is 6.34. The van der Waals surface area contributed by atoms with Gasteiger partial charge in [-0.25, -0.2) is 0 Å². The van der Waals surface area contributed by atoms with Crippen molar-refractivity contribution in [3.8, 4) is 0 Å². The van der Waals surface area contributed by atoms with Crippen molar-refractivity contribution in [3.05, 3.63) is 33.3 Å². The maximum Gasteiger partial charge on any atom is 0.0510 e. The average molecular weight is 332 g/mol. The van der Waals surface area contributed by atoms with Gasteiger partial charge in [-0.05, 0) is 50.0 Å². The first-order valence-corrected chi connectivity index (χ1v) is 7.75. The van der Waals surface area contributed by atoms with E-state index in [1.165, 1.54) is 12.0 Å². The third kappa shape index (κ3) is 3.08. The molecule has 2 atom stereocenters. The molecule has 1 aliphatic rings. The Labute approximate surface area is 123 Å². The van der Waals surface area contributed by atoms with Gasteiger partial charge in [-0.2, -0.15) is 0 Å². The van der Waals surface area contributed by atoms with E-state index >= 15 is 0 Å². The van der Waals surface area contributed by atoms with E-state index in [1.54, 1.807) is 0 Å². The molecule has 2 N–H and O–H groups in total. The number of benzene rings is 1. The molecule has 0 amide bonds. The molecule has 100 valence electrons. The van der Waals surface area contributed by atoms with Crippen LogP contribution in [0.3, 0.4) is 0 Å². The third-order valence-electron chi connectivity index (χ3n) is 3.57. The molecule has 2 nitrogen and oxygen atoms in total. The second-order valence-electron chi connectivity index (χ2n) is 4.95. The van der Waals surface area contributed by atoms with Gasteiger partial charge in [0.05, 0.1) is 6.04 Å². The fraction of sp³-hybridized carbons (Fsp3) is 0.571. The minimum absolute atomic E-state index is 0.211. The first-order valence-electron chi connectivity index (χ1n) is 6.58. The summed E-state index contributed by atoms with van der Waals surface area (Å²) in [5.41, 5.74) is 7.61. The van der Waals surface area contributed by atoms with Crippen molar-refractivity contribution < 1.29 is 0 Å². The first-order chi connectivity index (χ1) is 8.63. The van der Waals surface area contributed by atoms with Gasteiger partial charge in [0.25, 0.3) is 0 Å². The number of halogens is 2. The Morgan fingerprint density at radius 3 is 2.94 bits per heavy atom. The summed E-state index contributed by atoms with van der Waals surface area (Å²) in [6.45, 7) is 4.46. The number of hydrogen-bond acceptors (Lipinski definition) is 2. The zero-order valence-corrected chi connectivity index (χ0v) is 13.0. The van der Waals surface area contributed by atoms with E-state index < -0.39 is 0 Å². The highest BCUT2D eigenvalue weighted by atomic mass is 79.9. The predicted octanol–water partition coefficient (Wildman–Crippen LogP) is 3.98. The quantitative estimate of drug-likeness (QED) is 0.908. The van der Waals surface area contributed by atoms with E-state index in [1.807, 2.05) is 12.1 Å². The number of likely N-dealkylation sites (tertiary alicyclic amines) is 1. The van der Waals surface area contributed by atoms with E-state index in [-0.39, 0.29) is 6.04 Å². The fourth-order valence-electron chi connectivity index (χ4n) is 2.80. The number of nitrogens with two attached hydrogens (primary N) is 1. The molecule has 2 rings (SSSR count). The zero-order chi connectivity index (χ0) is 13.1. The lowest BCUT2D eigenvalue weighted by Crippen LogP contribution is -2.46. The zero-order valence-electron chi connectivity index (χ0n) is 10.7. The number of nitrogens with zero attached hydrogens (tertiary/aromatic N) is 1. The van der Waals surface area contributed by atoms with Crippen LogP contribution >= 0.6 is 27.5 Å². The molecule has 4 heteroatoms. The Morgan fingerprint density at radius 1 is 1.50 bits per heavy atom. The Morgan fingerprint density at radius 2 is 2.28 bits per heavy atom. The van der Waals surface area contributed by atoms with Crippen molar-refractivity contribution in [1.29, 1.82) is 0 Å². The minimum Gasteiger partial charge on any atom is -0.326 e. The van der Waals surface area contributed by atoms with E-state index in [0.29, 0.717) is 6.04 Å². The number of hydrogen-bond donors (Lipinski definition) is 1. The molecule has 1 heterocycles. The first kappa shape index (κ1) is 14.3. The molecular formula is C14H20BrClN2. The SMILES string of the molecule is CCCN1CCCC(N)C1c1ccc(Cl)cc1Br. The van der Waals surface area contributed by atoms with Gasteiger partial charge in [-0.3, -0.25) is 4.90 Å². The summed E-state index contributed by atoms with van der Waals surface area (Å²) in [5.74, 6) is 0. The van der Waals surface area contributed by atoms with Crippen molar-refractivity contribution >= 4 is 27.5 Å². The molecule has 0 aromatic heterocycles. The topological polar surface area (TPSA) is 29.3 Å². The molecule has 1 aromatic rings. The smallest absolute Gasteiger partial charge is 0.0510 e. The van der Waals surface area contributed by atoms with Gasteiger partial charge >= 0.3 is 0 Å². The Balaban J connectivity index is 2.31. The average Bonchev–Trinajstić information content (AvgIpc) is 2.31. The summed E-state index contributed by atoms with van der Waals surface area (Å²) >= 11 is 9.64. The van der Waals surface area contributed by atoms with Gasteiger partial charge in [0.15, 0.2) is 0 Å². The minimum atomic E-state index is 0.211. The monoisotopic (exact) mass is 330 g/mol. The largest absolute Gasteiger partial charge is 0.326 e. The summed E-state index contributed by atoms with van der Waals surface area (Å²) in [5, 5.41) is 0.761. The maximum atomic E-state index is 6.34. The Bertz CT molecular complexity index is 409. The summed E-state index contributed by atoms with van der Waals surface area (Å²) in [4.78, 5) is 2.50. The van der Waals surface area contributed by atoms with Crippen LogP contribution in [-0.4, -0.2) is 24.0 Å². The molecule has 1 aromatic carbocycles. The van der Waals surface area contributed by atoms with E-state index in [9.17, 15) is 0 Å². The molecule has 18 heavy (non-hydrogen) atoms.